The Morgan fingerprint density at radius 3 is 2.43 bits per heavy atom. The van der Waals surface area contributed by atoms with Gasteiger partial charge in [-0.1, -0.05) is 6.42 Å². The summed E-state index contributed by atoms with van der Waals surface area (Å²) in [5.74, 6) is 0.740. The van der Waals surface area contributed by atoms with E-state index in [1.165, 1.54) is 6.92 Å². The molecular weight excluding hydrogens is 292 g/mol. The molecule has 0 aliphatic heterocycles. The highest BCUT2D eigenvalue weighted by Crippen LogP contribution is 2.28. The van der Waals surface area contributed by atoms with Gasteiger partial charge in [0.1, 0.15) is 5.82 Å². The van der Waals surface area contributed by atoms with Crippen molar-refractivity contribution in [3.63, 3.8) is 0 Å². The first-order valence-corrected chi connectivity index (χ1v) is 7.78. The number of rotatable bonds is 4. The van der Waals surface area contributed by atoms with Crippen molar-refractivity contribution in [2.45, 2.75) is 33.1 Å². The molecule has 1 aliphatic rings. The van der Waals surface area contributed by atoms with Crippen LogP contribution < -0.4 is 10.6 Å². The predicted molar refractivity (Wildman–Crippen MR) is 88.6 cm³/mol. The summed E-state index contributed by atoms with van der Waals surface area (Å²) in [7, 11) is 0. The van der Waals surface area contributed by atoms with Crippen molar-refractivity contribution < 1.29 is 9.59 Å². The molecule has 2 N–H and O–H groups in total. The lowest BCUT2D eigenvalue weighted by atomic mass is 9.85. The van der Waals surface area contributed by atoms with Gasteiger partial charge in [-0.15, -0.1) is 0 Å². The molecule has 1 saturated carbocycles. The zero-order valence-corrected chi connectivity index (χ0v) is 13.3. The number of hydrogen-bond acceptors (Lipinski definition) is 3. The summed E-state index contributed by atoms with van der Waals surface area (Å²) in [6.45, 7) is 3.33. The normalized spacial score (nSPS) is 14.2. The average molecular weight is 312 g/mol. The maximum absolute atomic E-state index is 12.0. The zero-order valence-electron chi connectivity index (χ0n) is 13.3. The lowest BCUT2D eigenvalue weighted by Gasteiger charge is -2.24. The van der Waals surface area contributed by atoms with Crippen LogP contribution >= 0.6 is 0 Å². The van der Waals surface area contributed by atoms with E-state index in [4.69, 9.17) is 0 Å². The predicted octanol–water partition coefficient (Wildman–Crippen LogP) is 2.88. The van der Waals surface area contributed by atoms with E-state index < -0.39 is 0 Å². The molecule has 1 aromatic heterocycles. The second-order valence-electron chi connectivity index (χ2n) is 5.93. The van der Waals surface area contributed by atoms with Gasteiger partial charge in [-0.2, -0.15) is 5.10 Å². The summed E-state index contributed by atoms with van der Waals surface area (Å²) in [5, 5.41) is 10.1. The van der Waals surface area contributed by atoms with Gasteiger partial charge in [-0.3, -0.25) is 9.59 Å². The minimum absolute atomic E-state index is 0.0952. The van der Waals surface area contributed by atoms with Crippen LogP contribution in [0.15, 0.2) is 30.3 Å². The third kappa shape index (κ3) is 3.41. The van der Waals surface area contributed by atoms with Crippen LogP contribution in [0, 0.1) is 12.8 Å². The van der Waals surface area contributed by atoms with Crippen LogP contribution in [0.2, 0.25) is 0 Å². The van der Waals surface area contributed by atoms with Gasteiger partial charge in [-0.25, -0.2) is 4.68 Å². The molecule has 1 fully saturated rings. The van der Waals surface area contributed by atoms with E-state index in [2.05, 4.69) is 15.7 Å². The summed E-state index contributed by atoms with van der Waals surface area (Å²) in [6, 6.07) is 9.25. The van der Waals surface area contributed by atoms with Crippen LogP contribution in [-0.2, 0) is 9.59 Å². The van der Waals surface area contributed by atoms with Crippen molar-refractivity contribution in [3.05, 3.63) is 36.0 Å². The van der Waals surface area contributed by atoms with E-state index in [0.29, 0.717) is 5.82 Å². The van der Waals surface area contributed by atoms with Crippen molar-refractivity contribution in [1.82, 2.24) is 9.78 Å². The van der Waals surface area contributed by atoms with Crippen LogP contribution in [0.1, 0.15) is 31.9 Å². The number of hydrogen-bond donors (Lipinski definition) is 2. The van der Waals surface area contributed by atoms with Gasteiger partial charge in [0, 0.05) is 24.6 Å². The number of amides is 2. The molecule has 6 heteroatoms. The molecule has 0 unspecified atom stereocenters. The van der Waals surface area contributed by atoms with Crippen molar-refractivity contribution in [2.75, 3.05) is 10.6 Å². The Bertz CT molecular complexity index is 730. The summed E-state index contributed by atoms with van der Waals surface area (Å²) in [5.41, 5.74) is 2.41. The first-order valence-electron chi connectivity index (χ1n) is 7.78. The molecule has 0 bridgehead atoms. The number of benzene rings is 1. The van der Waals surface area contributed by atoms with Crippen molar-refractivity contribution in [1.29, 1.82) is 0 Å². The fraction of sp³-hybridized carbons (Fsp3) is 0.353. The molecule has 2 amide bonds. The van der Waals surface area contributed by atoms with E-state index in [1.807, 2.05) is 37.3 Å². The fourth-order valence-electron chi connectivity index (χ4n) is 2.57. The van der Waals surface area contributed by atoms with E-state index in [-0.39, 0.29) is 17.7 Å². The average Bonchev–Trinajstić information content (AvgIpc) is 2.77. The molecule has 1 aromatic carbocycles. The van der Waals surface area contributed by atoms with Crippen molar-refractivity contribution in [3.8, 4) is 5.69 Å². The molecular formula is C17H20N4O2. The Balaban J connectivity index is 1.76. The second-order valence-corrected chi connectivity index (χ2v) is 5.93. The third-order valence-corrected chi connectivity index (χ3v) is 3.99. The van der Waals surface area contributed by atoms with Gasteiger partial charge in [-0.05, 0) is 44.0 Å². The molecule has 1 heterocycles. The standard InChI is InChI=1S/C17H20N4O2/c1-11-10-16(18-12(2)22)21(20-11)15-8-6-14(7-9-15)19-17(23)13-4-3-5-13/h6-10,13H,3-5H2,1-2H3,(H,18,22)(H,19,23). The van der Waals surface area contributed by atoms with Crippen molar-refractivity contribution >= 4 is 23.3 Å². The Labute approximate surface area is 134 Å². The SMILES string of the molecule is CC(=O)Nc1cc(C)nn1-c1ccc(NC(=O)C2CCC2)cc1. The number of carbonyl (C=O) groups is 2. The second kappa shape index (κ2) is 6.24. The maximum atomic E-state index is 12.0. The fourth-order valence-corrected chi connectivity index (χ4v) is 2.57. The number of nitrogens with one attached hydrogen (secondary N) is 2. The summed E-state index contributed by atoms with van der Waals surface area (Å²) in [6.07, 6.45) is 3.11. The molecule has 2 aromatic rings. The molecule has 3 rings (SSSR count). The third-order valence-electron chi connectivity index (χ3n) is 3.99. The van der Waals surface area contributed by atoms with Crippen LogP contribution in [0.25, 0.3) is 5.69 Å². The maximum Gasteiger partial charge on any atom is 0.227 e. The Morgan fingerprint density at radius 2 is 1.87 bits per heavy atom. The number of aromatic nitrogens is 2. The summed E-state index contributed by atoms with van der Waals surface area (Å²) < 4.78 is 1.67. The molecule has 0 radical (unpaired) electrons. The van der Waals surface area contributed by atoms with Gasteiger partial charge in [0.05, 0.1) is 11.4 Å². The van der Waals surface area contributed by atoms with Crippen molar-refractivity contribution in [2.24, 2.45) is 5.92 Å². The molecule has 0 atom stereocenters. The smallest absolute Gasteiger partial charge is 0.227 e. The highest BCUT2D eigenvalue weighted by molar-refractivity contribution is 5.93. The highest BCUT2D eigenvalue weighted by atomic mass is 16.2. The van der Waals surface area contributed by atoms with Gasteiger partial charge in [0.2, 0.25) is 11.8 Å². The van der Waals surface area contributed by atoms with E-state index in [9.17, 15) is 9.59 Å². The largest absolute Gasteiger partial charge is 0.326 e. The van der Waals surface area contributed by atoms with Crippen LogP contribution in [-0.4, -0.2) is 21.6 Å². The lowest BCUT2D eigenvalue weighted by Crippen LogP contribution is -2.27. The quantitative estimate of drug-likeness (QED) is 0.911. The monoisotopic (exact) mass is 312 g/mol. The molecule has 23 heavy (non-hydrogen) atoms. The lowest BCUT2D eigenvalue weighted by molar-refractivity contribution is -0.122. The number of anilines is 2. The Hall–Kier alpha value is -2.63. The van der Waals surface area contributed by atoms with E-state index in [0.717, 1.165) is 36.3 Å². The molecule has 0 saturated heterocycles. The molecule has 120 valence electrons. The molecule has 6 nitrogen and oxygen atoms in total. The van der Waals surface area contributed by atoms with E-state index >= 15 is 0 Å². The minimum Gasteiger partial charge on any atom is -0.326 e. The summed E-state index contributed by atoms with van der Waals surface area (Å²) >= 11 is 0. The minimum atomic E-state index is -0.143. The van der Waals surface area contributed by atoms with E-state index in [1.54, 1.807) is 4.68 Å². The highest BCUT2D eigenvalue weighted by Gasteiger charge is 2.25. The Morgan fingerprint density at radius 1 is 1.17 bits per heavy atom. The van der Waals surface area contributed by atoms with Crippen LogP contribution in [0.5, 0.6) is 0 Å². The zero-order chi connectivity index (χ0) is 16.4. The number of nitrogens with zero attached hydrogens (tertiary/aromatic N) is 2. The van der Waals surface area contributed by atoms with Gasteiger partial charge >= 0.3 is 0 Å². The first-order chi connectivity index (χ1) is 11.0. The number of aryl methyl sites for hydroxylation is 1. The first kappa shape index (κ1) is 15.3. The van der Waals surface area contributed by atoms with Gasteiger partial charge in [0.25, 0.3) is 0 Å². The molecule has 1 aliphatic carbocycles. The topological polar surface area (TPSA) is 76.0 Å². The van der Waals surface area contributed by atoms with Crippen LogP contribution in [0.4, 0.5) is 11.5 Å². The molecule has 0 spiro atoms. The Kier molecular flexibility index (Phi) is 4.14. The summed E-state index contributed by atoms with van der Waals surface area (Å²) in [4.78, 5) is 23.2. The van der Waals surface area contributed by atoms with Gasteiger partial charge < -0.3 is 10.6 Å². The van der Waals surface area contributed by atoms with Crippen LogP contribution in [0.3, 0.4) is 0 Å². The number of carbonyl (C=O) groups excluding carboxylic acids is 2. The van der Waals surface area contributed by atoms with Gasteiger partial charge in [0.15, 0.2) is 0 Å².